The third-order valence-electron chi connectivity index (χ3n) is 6.30. The molecule has 3 aromatic rings. The van der Waals surface area contributed by atoms with Crippen molar-refractivity contribution in [2.45, 2.75) is 31.7 Å². The van der Waals surface area contributed by atoms with E-state index in [1.165, 1.54) is 24.1 Å². The van der Waals surface area contributed by atoms with Gasteiger partial charge >= 0.3 is 5.97 Å². The van der Waals surface area contributed by atoms with Crippen LogP contribution in [0.15, 0.2) is 60.0 Å². The molecule has 174 valence electrons. The molecule has 0 saturated heterocycles. The Hall–Kier alpha value is -4.14. The normalized spacial score (nSPS) is 18.7. The Morgan fingerprint density at radius 3 is 2.79 bits per heavy atom. The van der Waals surface area contributed by atoms with Crippen LogP contribution < -0.4 is 15.4 Å². The Labute approximate surface area is 195 Å². The van der Waals surface area contributed by atoms with Crippen molar-refractivity contribution in [3.63, 3.8) is 0 Å². The highest BCUT2D eigenvalue weighted by atomic mass is 19.1. The van der Waals surface area contributed by atoms with Crippen molar-refractivity contribution in [3.8, 4) is 5.88 Å². The lowest BCUT2D eigenvalue weighted by molar-refractivity contribution is -0.138. The molecule has 0 unspecified atom stereocenters. The van der Waals surface area contributed by atoms with Gasteiger partial charge in [0.15, 0.2) is 0 Å². The molecular weight excluding hydrogens is 439 g/mol. The summed E-state index contributed by atoms with van der Waals surface area (Å²) in [5.74, 6) is -1.69. The molecule has 0 aliphatic carbocycles. The minimum absolute atomic E-state index is 0.0968. The van der Waals surface area contributed by atoms with E-state index in [9.17, 15) is 14.0 Å². The first-order valence-electron chi connectivity index (χ1n) is 10.9. The zero-order valence-corrected chi connectivity index (χ0v) is 18.7. The van der Waals surface area contributed by atoms with Gasteiger partial charge in [0.05, 0.1) is 19.2 Å². The van der Waals surface area contributed by atoms with Gasteiger partial charge < -0.3 is 20.1 Å². The number of para-hydroxylation sites is 1. The summed E-state index contributed by atoms with van der Waals surface area (Å²) in [5, 5.41) is 7.22. The Morgan fingerprint density at radius 2 is 2.06 bits per heavy atom. The second-order valence-electron chi connectivity index (χ2n) is 8.25. The Morgan fingerprint density at radius 1 is 1.26 bits per heavy atom. The van der Waals surface area contributed by atoms with Crippen LogP contribution in [0, 0.1) is 5.82 Å². The lowest BCUT2D eigenvalue weighted by Gasteiger charge is -2.34. The number of anilines is 1. The average Bonchev–Trinajstić information content (AvgIpc) is 3.32. The van der Waals surface area contributed by atoms with Gasteiger partial charge in [-0.3, -0.25) is 9.89 Å². The lowest BCUT2D eigenvalue weighted by Crippen LogP contribution is -2.48. The largest absolute Gasteiger partial charge is 0.465 e. The second-order valence-corrected chi connectivity index (χ2v) is 8.25. The van der Waals surface area contributed by atoms with Crippen molar-refractivity contribution in [2.75, 3.05) is 12.0 Å². The first kappa shape index (κ1) is 21.7. The molecule has 3 N–H and O–H groups in total. The van der Waals surface area contributed by atoms with Crippen LogP contribution in [0.3, 0.4) is 0 Å². The van der Waals surface area contributed by atoms with E-state index in [4.69, 9.17) is 15.2 Å². The minimum atomic E-state index is -1.62. The van der Waals surface area contributed by atoms with Gasteiger partial charge in [-0.2, -0.15) is 0 Å². The fraction of sp³-hybridized carbons (Fsp3) is 0.240. The molecule has 8 nitrogen and oxygen atoms in total. The first-order valence-corrected chi connectivity index (χ1v) is 10.9. The molecule has 2 aliphatic heterocycles. The molecule has 9 heteroatoms. The summed E-state index contributed by atoms with van der Waals surface area (Å²) in [6.45, 7) is 2.09. The minimum Gasteiger partial charge on any atom is -0.465 e. The van der Waals surface area contributed by atoms with E-state index in [-0.39, 0.29) is 23.9 Å². The van der Waals surface area contributed by atoms with E-state index in [1.54, 1.807) is 36.4 Å². The smallest absolute Gasteiger partial charge is 0.340 e. The fourth-order valence-corrected chi connectivity index (χ4v) is 4.98. The van der Waals surface area contributed by atoms with Crippen LogP contribution in [0.25, 0.3) is 0 Å². The standard InChI is InChI=1S/C25H23FN4O4/c1-3-7-17-19-22(29-28-17)34-21(27)20(23(31)33-2)25(19)16-10-4-5-11-18(16)30(24(25)32)13-14-8-6-9-15(26)12-14/h4-6,8-12H,3,7,13,27H2,1-2H3,(H,28,29)/t25-/m0/s1. The number of aromatic nitrogens is 2. The molecule has 0 bridgehead atoms. The number of hydrogen-bond donors (Lipinski definition) is 2. The Bertz CT molecular complexity index is 1350. The van der Waals surface area contributed by atoms with Gasteiger partial charge in [-0.05, 0) is 30.2 Å². The lowest BCUT2D eigenvalue weighted by atomic mass is 9.68. The van der Waals surface area contributed by atoms with Crippen LogP contribution in [-0.2, 0) is 32.7 Å². The number of hydrogen-bond acceptors (Lipinski definition) is 6. The fourth-order valence-electron chi connectivity index (χ4n) is 4.98. The number of methoxy groups -OCH3 is 1. The number of nitrogens with one attached hydrogen (secondary N) is 1. The third kappa shape index (κ3) is 2.93. The summed E-state index contributed by atoms with van der Waals surface area (Å²) in [4.78, 5) is 29.1. The molecular formula is C25H23FN4O4. The maximum absolute atomic E-state index is 14.5. The highest BCUT2D eigenvalue weighted by molar-refractivity contribution is 6.18. The summed E-state index contributed by atoms with van der Waals surface area (Å²) >= 11 is 0. The monoisotopic (exact) mass is 462 g/mol. The van der Waals surface area contributed by atoms with E-state index in [0.717, 1.165) is 6.42 Å². The zero-order chi connectivity index (χ0) is 24.0. The number of aromatic amines is 1. The third-order valence-corrected chi connectivity index (χ3v) is 6.30. The van der Waals surface area contributed by atoms with Crippen molar-refractivity contribution >= 4 is 17.6 Å². The van der Waals surface area contributed by atoms with E-state index >= 15 is 0 Å². The number of ether oxygens (including phenoxy) is 2. The van der Waals surface area contributed by atoms with E-state index in [0.29, 0.717) is 34.5 Å². The Kier molecular flexibility index (Phi) is 5.11. The number of carbonyl (C=O) groups is 2. The van der Waals surface area contributed by atoms with Crippen molar-refractivity contribution in [3.05, 3.63) is 88.2 Å². The Balaban J connectivity index is 1.80. The number of esters is 1. The van der Waals surface area contributed by atoms with Crippen molar-refractivity contribution in [1.29, 1.82) is 0 Å². The number of nitrogens with zero attached hydrogens (tertiary/aromatic N) is 2. The second kappa shape index (κ2) is 8.02. The predicted octanol–water partition coefficient (Wildman–Crippen LogP) is 3.07. The maximum Gasteiger partial charge on any atom is 0.340 e. The highest BCUT2D eigenvalue weighted by Gasteiger charge is 2.62. The number of halogens is 1. The average molecular weight is 462 g/mol. The topological polar surface area (TPSA) is 111 Å². The molecule has 0 saturated carbocycles. The molecule has 2 aromatic carbocycles. The van der Waals surface area contributed by atoms with Gasteiger partial charge in [0.2, 0.25) is 17.7 Å². The van der Waals surface area contributed by atoms with E-state index in [1.807, 2.05) is 6.92 Å². The summed E-state index contributed by atoms with van der Waals surface area (Å²) in [7, 11) is 1.23. The summed E-state index contributed by atoms with van der Waals surface area (Å²) in [6, 6.07) is 13.2. The molecule has 1 aromatic heterocycles. The molecule has 5 rings (SSSR count). The number of nitrogens with two attached hydrogens (primary N) is 1. The van der Waals surface area contributed by atoms with Crippen LogP contribution in [-0.4, -0.2) is 29.2 Å². The van der Waals surface area contributed by atoms with Gasteiger partial charge in [0.25, 0.3) is 0 Å². The van der Waals surface area contributed by atoms with Gasteiger partial charge in [-0.25, -0.2) is 9.18 Å². The molecule has 34 heavy (non-hydrogen) atoms. The summed E-state index contributed by atoms with van der Waals surface area (Å²) < 4.78 is 24.7. The predicted molar refractivity (Wildman–Crippen MR) is 121 cm³/mol. The van der Waals surface area contributed by atoms with Gasteiger partial charge in [0.1, 0.15) is 16.8 Å². The van der Waals surface area contributed by atoms with Crippen molar-refractivity contribution in [1.82, 2.24) is 10.2 Å². The van der Waals surface area contributed by atoms with Gasteiger partial charge in [0, 0.05) is 16.9 Å². The van der Waals surface area contributed by atoms with Crippen LogP contribution >= 0.6 is 0 Å². The van der Waals surface area contributed by atoms with Gasteiger partial charge in [-0.1, -0.05) is 43.7 Å². The zero-order valence-electron chi connectivity index (χ0n) is 18.7. The molecule has 2 aliphatic rings. The quantitative estimate of drug-likeness (QED) is 0.564. The number of amides is 1. The molecule has 0 fully saturated rings. The highest BCUT2D eigenvalue weighted by Crippen LogP contribution is 2.56. The SMILES string of the molecule is CCCc1[nH]nc2c1[C@]1(C(=O)N(Cc3cccc(F)c3)c3ccccc31)C(C(=O)OC)=C(N)O2. The summed E-state index contributed by atoms with van der Waals surface area (Å²) in [6.07, 6.45) is 1.33. The number of carbonyl (C=O) groups excluding carboxylic acids is 2. The molecule has 0 radical (unpaired) electrons. The molecule has 1 atom stereocenters. The summed E-state index contributed by atoms with van der Waals surface area (Å²) in [5.41, 5.74) is 7.37. The number of rotatable bonds is 5. The van der Waals surface area contributed by atoms with E-state index < -0.39 is 23.1 Å². The van der Waals surface area contributed by atoms with Crippen LogP contribution in [0.2, 0.25) is 0 Å². The van der Waals surface area contributed by atoms with Crippen molar-refractivity contribution in [2.24, 2.45) is 5.73 Å². The van der Waals surface area contributed by atoms with Crippen LogP contribution in [0.5, 0.6) is 5.88 Å². The van der Waals surface area contributed by atoms with Gasteiger partial charge in [-0.15, -0.1) is 5.10 Å². The number of fused-ring (bicyclic) bond motifs is 4. The van der Waals surface area contributed by atoms with Crippen LogP contribution in [0.4, 0.5) is 10.1 Å². The molecule has 3 heterocycles. The number of H-pyrrole nitrogens is 1. The maximum atomic E-state index is 14.5. The molecule has 1 spiro atoms. The van der Waals surface area contributed by atoms with E-state index in [2.05, 4.69) is 10.2 Å². The van der Waals surface area contributed by atoms with Crippen molar-refractivity contribution < 1.29 is 23.5 Å². The first-order chi connectivity index (χ1) is 16.4. The number of benzene rings is 2. The van der Waals surface area contributed by atoms with Crippen LogP contribution in [0.1, 0.15) is 35.7 Å². The number of aryl methyl sites for hydroxylation is 1. The molecule has 1 amide bonds.